The van der Waals surface area contributed by atoms with Gasteiger partial charge in [-0.1, -0.05) is 19.1 Å². The van der Waals surface area contributed by atoms with Gasteiger partial charge in [0.1, 0.15) is 5.58 Å². The van der Waals surface area contributed by atoms with Crippen molar-refractivity contribution in [2.45, 2.75) is 19.9 Å². The summed E-state index contributed by atoms with van der Waals surface area (Å²) in [6, 6.07) is 10.2. The van der Waals surface area contributed by atoms with Crippen LogP contribution in [-0.2, 0) is 6.54 Å². The Kier molecular flexibility index (Phi) is 1.87. The quantitative estimate of drug-likeness (QED) is 0.514. The molecule has 0 amide bonds. The molecule has 3 heterocycles. The molecule has 0 saturated heterocycles. The minimum Gasteiger partial charge on any atom is -0.459 e. The van der Waals surface area contributed by atoms with Gasteiger partial charge in [0.05, 0.1) is 17.3 Å². The van der Waals surface area contributed by atoms with Gasteiger partial charge in [-0.2, -0.15) is 0 Å². The molecule has 0 saturated carbocycles. The van der Waals surface area contributed by atoms with E-state index in [1.54, 1.807) is 6.26 Å². The average molecular weight is 239 g/mol. The van der Waals surface area contributed by atoms with Gasteiger partial charge in [0.25, 0.3) is 0 Å². The highest BCUT2D eigenvalue weighted by atomic mass is 16.4. The minimum atomic E-state index is 0.856. The summed E-state index contributed by atoms with van der Waals surface area (Å²) in [7, 11) is 0. The Labute approximate surface area is 104 Å². The van der Waals surface area contributed by atoms with E-state index in [9.17, 15) is 0 Å². The number of benzene rings is 1. The topological polar surface area (TPSA) is 31.2 Å². The van der Waals surface area contributed by atoms with E-state index >= 15 is 0 Å². The van der Waals surface area contributed by atoms with Crippen LogP contribution >= 0.6 is 0 Å². The first kappa shape index (κ1) is 9.83. The van der Waals surface area contributed by atoms with E-state index in [1.807, 2.05) is 24.3 Å². The second kappa shape index (κ2) is 3.42. The van der Waals surface area contributed by atoms with Crippen molar-refractivity contribution in [3.63, 3.8) is 0 Å². The number of aryl methyl sites for hydroxylation is 1. The van der Waals surface area contributed by atoms with Gasteiger partial charge in [0.15, 0.2) is 11.2 Å². The van der Waals surface area contributed by atoms with Crippen LogP contribution in [0.2, 0.25) is 0 Å². The third-order valence-corrected chi connectivity index (χ3v) is 3.43. The fraction of sp³-hybridized carbons (Fsp3) is 0.200. The molecule has 1 aromatic carbocycles. The Balaban J connectivity index is 2.27. The molecular formula is C15H13NO2. The van der Waals surface area contributed by atoms with E-state index in [4.69, 9.17) is 8.83 Å². The normalized spacial score (nSPS) is 12.1. The second-order valence-corrected chi connectivity index (χ2v) is 4.56. The van der Waals surface area contributed by atoms with Crippen molar-refractivity contribution in [3.05, 3.63) is 36.6 Å². The predicted octanol–water partition coefficient (Wildman–Crippen LogP) is 4.54. The van der Waals surface area contributed by atoms with Crippen molar-refractivity contribution < 1.29 is 8.83 Å². The third kappa shape index (κ3) is 1.09. The summed E-state index contributed by atoms with van der Waals surface area (Å²) in [4.78, 5) is 0. The number of para-hydroxylation sites is 1. The fourth-order valence-electron chi connectivity index (χ4n) is 2.72. The summed E-state index contributed by atoms with van der Waals surface area (Å²) in [5.41, 5.74) is 4.92. The van der Waals surface area contributed by atoms with Crippen LogP contribution in [0.4, 0.5) is 0 Å². The van der Waals surface area contributed by atoms with Gasteiger partial charge in [-0.05, 0) is 18.6 Å². The zero-order valence-corrected chi connectivity index (χ0v) is 10.1. The molecule has 0 aliphatic heterocycles. The number of hydrogen-bond acceptors (Lipinski definition) is 2. The van der Waals surface area contributed by atoms with Crippen LogP contribution in [-0.4, -0.2) is 4.57 Å². The highest BCUT2D eigenvalue weighted by Gasteiger charge is 2.19. The molecule has 0 fully saturated rings. The minimum absolute atomic E-state index is 0.856. The van der Waals surface area contributed by atoms with Gasteiger partial charge in [-0.25, -0.2) is 0 Å². The van der Waals surface area contributed by atoms with Gasteiger partial charge < -0.3 is 13.4 Å². The number of aromatic nitrogens is 1. The Bertz CT molecular complexity index is 847. The molecule has 18 heavy (non-hydrogen) atoms. The summed E-state index contributed by atoms with van der Waals surface area (Å²) >= 11 is 0. The largest absolute Gasteiger partial charge is 0.459 e. The fourth-order valence-corrected chi connectivity index (χ4v) is 2.72. The van der Waals surface area contributed by atoms with Crippen LogP contribution in [0.1, 0.15) is 13.3 Å². The highest BCUT2D eigenvalue weighted by Crippen LogP contribution is 2.37. The Hall–Kier alpha value is -2.16. The van der Waals surface area contributed by atoms with Crippen molar-refractivity contribution in [2.75, 3.05) is 0 Å². The molecule has 3 aromatic heterocycles. The van der Waals surface area contributed by atoms with Crippen molar-refractivity contribution in [3.8, 4) is 0 Å². The van der Waals surface area contributed by atoms with Crippen LogP contribution in [0.25, 0.3) is 33.2 Å². The van der Waals surface area contributed by atoms with Crippen molar-refractivity contribution >= 4 is 33.2 Å². The molecule has 0 N–H and O–H groups in total. The molecule has 90 valence electrons. The standard InChI is InChI=1S/C15H13NO2/c1-2-8-16-11-7-9-17-14(11)15-13(16)10-5-3-4-6-12(10)18-15/h3-7,9H,2,8H2,1H3. The molecule has 0 bridgehead atoms. The van der Waals surface area contributed by atoms with Crippen LogP contribution in [0.5, 0.6) is 0 Å². The Morgan fingerprint density at radius 2 is 2.00 bits per heavy atom. The first-order valence-electron chi connectivity index (χ1n) is 6.27. The first-order chi connectivity index (χ1) is 8.90. The number of furan rings is 2. The number of hydrogen-bond donors (Lipinski definition) is 0. The lowest BCUT2D eigenvalue weighted by molar-refractivity contribution is 0.600. The third-order valence-electron chi connectivity index (χ3n) is 3.43. The van der Waals surface area contributed by atoms with Crippen molar-refractivity contribution in [1.82, 2.24) is 4.57 Å². The lowest BCUT2D eigenvalue weighted by Gasteiger charge is -2.02. The second-order valence-electron chi connectivity index (χ2n) is 4.56. The summed E-state index contributed by atoms with van der Waals surface area (Å²) in [5.74, 6) is 0. The van der Waals surface area contributed by atoms with E-state index < -0.39 is 0 Å². The van der Waals surface area contributed by atoms with Crippen LogP contribution in [0, 0.1) is 0 Å². The molecule has 4 rings (SSSR count). The molecule has 0 aliphatic rings. The van der Waals surface area contributed by atoms with Crippen LogP contribution in [0.15, 0.2) is 45.4 Å². The van der Waals surface area contributed by atoms with Gasteiger partial charge in [-0.15, -0.1) is 0 Å². The van der Waals surface area contributed by atoms with E-state index in [2.05, 4.69) is 17.6 Å². The molecule has 0 atom stereocenters. The molecule has 0 aliphatic carbocycles. The van der Waals surface area contributed by atoms with E-state index in [1.165, 1.54) is 0 Å². The smallest absolute Gasteiger partial charge is 0.196 e. The van der Waals surface area contributed by atoms with Crippen LogP contribution < -0.4 is 0 Å². The lowest BCUT2D eigenvalue weighted by Crippen LogP contribution is -1.94. The number of fused-ring (bicyclic) bond motifs is 5. The van der Waals surface area contributed by atoms with Gasteiger partial charge in [0.2, 0.25) is 0 Å². The summed E-state index contributed by atoms with van der Waals surface area (Å²) in [6.07, 6.45) is 2.81. The molecule has 0 radical (unpaired) electrons. The molecule has 0 unspecified atom stereocenters. The Morgan fingerprint density at radius 3 is 2.89 bits per heavy atom. The van der Waals surface area contributed by atoms with Gasteiger partial charge in [-0.3, -0.25) is 0 Å². The van der Waals surface area contributed by atoms with Gasteiger partial charge >= 0.3 is 0 Å². The van der Waals surface area contributed by atoms with Crippen LogP contribution in [0.3, 0.4) is 0 Å². The SMILES string of the molecule is CCCn1c2ccoc2c2oc3ccccc3c21. The van der Waals surface area contributed by atoms with E-state index in [0.717, 1.165) is 46.1 Å². The van der Waals surface area contributed by atoms with Crippen molar-refractivity contribution in [1.29, 1.82) is 0 Å². The zero-order chi connectivity index (χ0) is 12.1. The number of nitrogens with zero attached hydrogens (tertiary/aromatic N) is 1. The molecule has 0 spiro atoms. The average Bonchev–Trinajstić information content (AvgIpc) is 3.04. The zero-order valence-electron chi connectivity index (χ0n) is 10.1. The van der Waals surface area contributed by atoms with Gasteiger partial charge in [0, 0.05) is 18.0 Å². The Morgan fingerprint density at radius 1 is 1.11 bits per heavy atom. The lowest BCUT2D eigenvalue weighted by atomic mass is 10.2. The molecule has 3 nitrogen and oxygen atoms in total. The highest BCUT2D eigenvalue weighted by molar-refractivity contribution is 6.13. The molecular weight excluding hydrogens is 226 g/mol. The predicted molar refractivity (Wildman–Crippen MR) is 71.8 cm³/mol. The number of rotatable bonds is 2. The maximum Gasteiger partial charge on any atom is 0.196 e. The summed E-state index contributed by atoms with van der Waals surface area (Å²) in [5, 5.41) is 1.16. The first-order valence-corrected chi connectivity index (χ1v) is 6.27. The maximum absolute atomic E-state index is 5.94. The molecule has 3 heteroatoms. The summed E-state index contributed by atoms with van der Waals surface area (Å²) < 4.78 is 13.8. The maximum atomic E-state index is 5.94. The molecule has 4 aromatic rings. The monoisotopic (exact) mass is 239 g/mol. The van der Waals surface area contributed by atoms with E-state index in [0.29, 0.717) is 0 Å². The van der Waals surface area contributed by atoms with Crippen molar-refractivity contribution in [2.24, 2.45) is 0 Å². The van der Waals surface area contributed by atoms with E-state index in [-0.39, 0.29) is 0 Å². The summed E-state index contributed by atoms with van der Waals surface area (Å²) in [6.45, 7) is 3.16.